The van der Waals surface area contributed by atoms with Crippen LogP contribution >= 0.6 is 8.25 Å². The van der Waals surface area contributed by atoms with Gasteiger partial charge in [-0.25, -0.2) is 0 Å². The molecule has 0 radical (unpaired) electrons. The fourth-order valence-corrected chi connectivity index (χ4v) is 4.20. The number of pyridine rings is 1. The SMILES string of the molecule is Cc1c(O)nc(N)nc1N(/C=N/Cc1ccc(-c2ccccc2)[nH]c1=O)C1OC(CO[PH](=O)O)C(O)C1O. The molecule has 3 heterocycles. The average Bonchev–Trinajstić information content (AvgIpc) is 3.17. The molecule has 0 spiro atoms. The molecule has 0 aliphatic carbocycles. The van der Waals surface area contributed by atoms with Gasteiger partial charge in [-0.1, -0.05) is 30.3 Å². The van der Waals surface area contributed by atoms with Crippen LogP contribution in [0.4, 0.5) is 11.8 Å². The highest BCUT2D eigenvalue weighted by atomic mass is 31.1. The molecule has 4 rings (SSSR count). The first-order valence-electron chi connectivity index (χ1n) is 11.4. The van der Waals surface area contributed by atoms with Gasteiger partial charge in [0.05, 0.1) is 25.1 Å². The second kappa shape index (κ2) is 11.8. The van der Waals surface area contributed by atoms with Crippen LogP contribution < -0.4 is 16.2 Å². The smallest absolute Gasteiger partial charge is 0.316 e. The minimum Gasteiger partial charge on any atom is -0.493 e. The molecule has 1 fully saturated rings. The maximum absolute atomic E-state index is 12.7. The summed E-state index contributed by atoms with van der Waals surface area (Å²) in [7, 11) is -3.30. The van der Waals surface area contributed by atoms with Crippen LogP contribution in [-0.4, -0.2) is 72.7 Å². The Balaban J connectivity index is 1.62. The van der Waals surface area contributed by atoms with E-state index in [9.17, 15) is 24.7 Å². The van der Waals surface area contributed by atoms with Gasteiger partial charge < -0.3 is 40.2 Å². The van der Waals surface area contributed by atoms with Crippen molar-refractivity contribution in [3.05, 3.63) is 63.9 Å². The third kappa shape index (κ3) is 6.07. The number of aromatic amines is 1. The quantitative estimate of drug-likeness (QED) is 0.121. The number of ether oxygens (including phenoxy) is 1. The van der Waals surface area contributed by atoms with Gasteiger partial charge in [0.25, 0.3) is 5.56 Å². The van der Waals surface area contributed by atoms with E-state index in [-0.39, 0.29) is 29.4 Å². The van der Waals surface area contributed by atoms with E-state index >= 15 is 0 Å². The Morgan fingerprint density at radius 1 is 1.21 bits per heavy atom. The van der Waals surface area contributed by atoms with E-state index in [1.165, 1.54) is 18.2 Å². The highest BCUT2D eigenvalue weighted by Crippen LogP contribution is 2.32. The summed E-state index contributed by atoms with van der Waals surface area (Å²) in [5.74, 6) is -0.687. The molecule has 1 aromatic carbocycles. The highest BCUT2D eigenvalue weighted by Gasteiger charge is 2.46. The number of anilines is 2. The van der Waals surface area contributed by atoms with Gasteiger partial charge in [0.2, 0.25) is 11.8 Å². The van der Waals surface area contributed by atoms with Crippen molar-refractivity contribution in [2.24, 2.45) is 4.99 Å². The van der Waals surface area contributed by atoms with Crippen molar-refractivity contribution in [1.82, 2.24) is 15.0 Å². The van der Waals surface area contributed by atoms with Crippen molar-refractivity contribution in [2.45, 2.75) is 38.0 Å². The average molecular weight is 546 g/mol. The van der Waals surface area contributed by atoms with Crippen LogP contribution in [0.25, 0.3) is 11.3 Å². The number of H-pyrrole nitrogens is 1. The molecule has 1 aliphatic rings. The molecule has 0 saturated carbocycles. The lowest BCUT2D eigenvalue weighted by Crippen LogP contribution is -2.44. The van der Waals surface area contributed by atoms with Crippen molar-refractivity contribution in [2.75, 3.05) is 17.2 Å². The number of aliphatic hydroxyl groups excluding tert-OH is 2. The van der Waals surface area contributed by atoms with Crippen LogP contribution in [0.15, 0.2) is 52.3 Å². The molecule has 3 aromatic rings. The van der Waals surface area contributed by atoms with Gasteiger partial charge in [-0.05, 0) is 24.6 Å². The first kappa shape index (κ1) is 27.4. The lowest BCUT2D eigenvalue weighted by molar-refractivity contribution is -0.0135. The normalized spacial score (nSPS) is 22.1. The zero-order valence-corrected chi connectivity index (χ0v) is 21.1. The zero-order valence-electron chi connectivity index (χ0n) is 20.1. The molecule has 14 nitrogen and oxygen atoms in total. The topological polar surface area (TPSA) is 217 Å². The van der Waals surface area contributed by atoms with E-state index in [4.69, 9.17) is 15.4 Å². The molecule has 1 saturated heterocycles. The fourth-order valence-electron chi connectivity index (χ4n) is 3.89. The minimum absolute atomic E-state index is 0.0145. The summed E-state index contributed by atoms with van der Waals surface area (Å²) in [6, 6.07) is 12.7. The predicted octanol–water partition coefficient (Wildman–Crippen LogP) is 0.308. The summed E-state index contributed by atoms with van der Waals surface area (Å²) >= 11 is 0. The number of benzene rings is 1. The first-order chi connectivity index (χ1) is 18.2. The Hall–Kier alpha value is -3.65. The number of nitrogen functional groups attached to an aromatic ring is 1. The Labute approximate surface area is 217 Å². The van der Waals surface area contributed by atoms with E-state index in [0.29, 0.717) is 11.3 Å². The molecule has 0 amide bonds. The van der Waals surface area contributed by atoms with E-state index < -0.39 is 45.3 Å². The minimum atomic E-state index is -3.30. The van der Waals surface area contributed by atoms with Crippen molar-refractivity contribution < 1.29 is 34.0 Å². The molecule has 202 valence electrons. The van der Waals surface area contributed by atoms with Gasteiger partial charge >= 0.3 is 8.25 Å². The molecule has 0 bridgehead atoms. The van der Waals surface area contributed by atoms with Crippen molar-refractivity contribution in [3.8, 4) is 17.1 Å². The van der Waals surface area contributed by atoms with Crippen molar-refractivity contribution >= 4 is 26.4 Å². The predicted molar refractivity (Wildman–Crippen MR) is 138 cm³/mol. The van der Waals surface area contributed by atoms with Crippen LogP contribution in [0.2, 0.25) is 0 Å². The molecule has 15 heteroatoms. The fraction of sp³-hybridized carbons (Fsp3) is 0.304. The number of rotatable bonds is 9. The second-order valence-corrected chi connectivity index (χ2v) is 9.25. The zero-order chi connectivity index (χ0) is 27.4. The summed E-state index contributed by atoms with van der Waals surface area (Å²) in [4.78, 5) is 37.7. The van der Waals surface area contributed by atoms with E-state index in [1.807, 2.05) is 30.3 Å². The summed E-state index contributed by atoms with van der Waals surface area (Å²) in [5.41, 5.74) is 7.36. The van der Waals surface area contributed by atoms with Gasteiger partial charge in [-0.15, -0.1) is 0 Å². The molecule has 38 heavy (non-hydrogen) atoms. The standard InChI is InChI=1S/C23H27N6O8P/c1-12-19(27-23(24)28-20(12)32)29(22-18(31)17(30)16(37-22)10-36-38(34)35)11-25-9-14-7-8-15(26-21(14)33)13-5-3-2-4-6-13/h2-8,11,16-18,22,30-31,38H,9-10H2,1H3,(H,26,33)(H,34,35)(H3,24,27,28,32)/b25-11+. The number of hydrogen-bond acceptors (Lipinski definition) is 11. The molecule has 7 N–H and O–H groups in total. The van der Waals surface area contributed by atoms with Crippen molar-refractivity contribution in [1.29, 1.82) is 0 Å². The third-order valence-corrected chi connectivity index (χ3v) is 6.30. The second-order valence-electron chi connectivity index (χ2n) is 8.43. The summed E-state index contributed by atoms with van der Waals surface area (Å²) in [5, 5.41) is 31.3. The Morgan fingerprint density at radius 3 is 2.63 bits per heavy atom. The van der Waals surface area contributed by atoms with Crippen molar-refractivity contribution in [3.63, 3.8) is 0 Å². The molecular formula is C23H27N6O8P. The van der Waals surface area contributed by atoms with Gasteiger partial charge in [0.1, 0.15) is 24.1 Å². The maximum atomic E-state index is 12.7. The molecule has 2 aromatic heterocycles. The van der Waals surface area contributed by atoms with E-state index in [1.54, 1.807) is 12.1 Å². The maximum Gasteiger partial charge on any atom is 0.316 e. The van der Waals surface area contributed by atoms with Crippen LogP contribution in [-0.2, 0) is 20.4 Å². The number of aromatic nitrogens is 3. The number of nitrogens with two attached hydrogens (primary N) is 1. The van der Waals surface area contributed by atoms with E-state index in [2.05, 4.69) is 24.5 Å². The highest BCUT2D eigenvalue weighted by molar-refractivity contribution is 7.32. The van der Waals surface area contributed by atoms with Gasteiger partial charge in [0, 0.05) is 11.3 Å². The number of aliphatic imine (C=N–C) groups is 1. The largest absolute Gasteiger partial charge is 0.493 e. The number of aliphatic hydroxyl groups is 2. The third-order valence-electron chi connectivity index (χ3n) is 5.88. The Morgan fingerprint density at radius 2 is 1.95 bits per heavy atom. The van der Waals surface area contributed by atoms with E-state index in [0.717, 1.165) is 5.56 Å². The summed E-state index contributed by atoms with van der Waals surface area (Å²) in [6.07, 6.45) is -4.28. The molecule has 5 atom stereocenters. The summed E-state index contributed by atoms with van der Waals surface area (Å²) < 4.78 is 21.3. The lowest BCUT2D eigenvalue weighted by Gasteiger charge is -2.28. The number of aromatic hydroxyl groups is 1. The molecular weight excluding hydrogens is 519 g/mol. The number of nitrogens with zero attached hydrogens (tertiary/aromatic N) is 4. The Kier molecular flexibility index (Phi) is 8.52. The lowest BCUT2D eigenvalue weighted by atomic mass is 10.1. The van der Waals surface area contributed by atoms with Crippen LogP contribution in [0, 0.1) is 6.92 Å². The van der Waals surface area contributed by atoms with Crippen LogP contribution in [0.5, 0.6) is 5.88 Å². The molecule has 1 aliphatic heterocycles. The van der Waals surface area contributed by atoms with Gasteiger partial charge in [0.15, 0.2) is 6.23 Å². The van der Waals surface area contributed by atoms with Gasteiger partial charge in [-0.2, -0.15) is 9.97 Å². The number of nitrogens with one attached hydrogen (secondary N) is 1. The molecule has 5 unspecified atom stereocenters. The van der Waals surface area contributed by atoms with Crippen LogP contribution in [0.3, 0.4) is 0 Å². The monoisotopic (exact) mass is 546 g/mol. The summed E-state index contributed by atoms with van der Waals surface area (Å²) in [6.45, 7) is 0.957. The number of hydrogen-bond donors (Lipinski definition) is 6. The van der Waals surface area contributed by atoms with Crippen LogP contribution in [0.1, 0.15) is 11.1 Å². The Bertz CT molecular complexity index is 1390. The van der Waals surface area contributed by atoms with Gasteiger partial charge in [-0.3, -0.25) is 19.3 Å². The first-order valence-corrected chi connectivity index (χ1v) is 12.7.